The van der Waals surface area contributed by atoms with E-state index in [9.17, 15) is 4.39 Å². The molecule has 0 aromatic heterocycles. The maximum atomic E-state index is 13.5. The van der Waals surface area contributed by atoms with E-state index in [1.54, 1.807) is 6.07 Å². The van der Waals surface area contributed by atoms with Crippen molar-refractivity contribution in [3.05, 3.63) is 29.6 Å². The fraction of sp³-hybridized carbons (Fsp3) is 0.571. The average molecular weight is 253 g/mol. The van der Waals surface area contributed by atoms with Gasteiger partial charge in [-0.05, 0) is 37.5 Å². The third-order valence-corrected chi connectivity index (χ3v) is 3.37. The highest BCUT2D eigenvalue weighted by Gasteiger charge is 2.21. The third-order valence-electron chi connectivity index (χ3n) is 3.37. The van der Waals surface area contributed by atoms with Crippen molar-refractivity contribution in [2.45, 2.75) is 38.5 Å². The smallest absolute Gasteiger partial charge is 0.165 e. The molecule has 0 amide bonds. The lowest BCUT2D eigenvalue weighted by Crippen LogP contribution is -2.36. The van der Waals surface area contributed by atoms with Crippen molar-refractivity contribution in [3.63, 3.8) is 0 Å². The number of rotatable bonds is 5. The molecule has 0 saturated carbocycles. The Morgan fingerprint density at radius 1 is 1.56 bits per heavy atom. The lowest BCUT2D eigenvalue weighted by molar-refractivity contribution is 0.0832. The molecular weight excluding hydrogens is 233 g/mol. The molecule has 100 valence electrons. The topological polar surface area (TPSA) is 30.5 Å². The molecule has 0 unspecified atom stereocenters. The monoisotopic (exact) mass is 253 g/mol. The van der Waals surface area contributed by atoms with Crippen LogP contribution in [-0.4, -0.2) is 25.9 Å². The predicted octanol–water partition coefficient (Wildman–Crippen LogP) is 2.49. The second-order valence-corrected chi connectivity index (χ2v) is 4.69. The summed E-state index contributed by atoms with van der Waals surface area (Å²) in [5, 5.41) is 3.37. The summed E-state index contributed by atoms with van der Waals surface area (Å²) >= 11 is 0. The van der Waals surface area contributed by atoms with E-state index in [0.29, 0.717) is 6.54 Å². The molecule has 1 fully saturated rings. The van der Waals surface area contributed by atoms with Gasteiger partial charge in [0, 0.05) is 19.2 Å². The molecule has 1 aliphatic heterocycles. The molecule has 0 bridgehead atoms. The Kier molecular flexibility index (Phi) is 4.55. The number of benzene rings is 1. The fourth-order valence-electron chi connectivity index (χ4n) is 2.23. The normalized spacial score (nSPS) is 20.9. The highest BCUT2D eigenvalue weighted by molar-refractivity contribution is 5.29. The Morgan fingerprint density at radius 2 is 2.39 bits per heavy atom. The Hall–Kier alpha value is -1.13. The molecule has 0 radical (unpaired) electrons. The third kappa shape index (κ3) is 3.21. The first-order valence-corrected chi connectivity index (χ1v) is 6.38. The molecule has 1 aromatic rings. The van der Waals surface area contributed by atoms with Gasteiger partial charge in [-0.3, -0.25) is 0 Å². The number of halogens is 1. The zero-order valence-electron chi connectivity index (χ0n) is 10.9. The van der Waals surface area contributed by atoms with Gasteiger partial charge in [-0.25, -0.2) is 4.39 Å². The molecule has 1 saturated heterocycles. The van der Waals surface area contributed by atoms with E-state index in [2.05, 4.69) is 12.2 Å². The summed E-state index contributed by atoms with van der Waals surface area (Å²) in [6, 6.07) is 5.33. The number of hydrogen-bond donors (Lipinski definition) is 1. The number of hydrogen-bond acceptors (Lipinski definition) is 3. The van der Waals surface area contributed by atoms with Crippen molar-refractivity contribution in [3.8, 4) is 5.75 Å². The van der Waals surface area contributed by atoms with Crippen LogP contribution in [0.25, 0.3) is 0 Å². The van der Waals surface area contributed by atoms with Gasteiger partial charge >= 0.3 is 0 Å². The van der Waals surface area contributed by atoms with Crippen molar-refractivity contribution in [2.75, 3.05) is 13.7 Å². The van der Waals surface area contributed by atoms with Crippen molar-refractivity contribution in [2.24, 2.45) is 0 Å². The molecule has 1 N–H and O–H groups in total. The highest BCUT2D eigenvalue weighted by Crippen LogP contribution is 2.19. The second-order valence-electron chi connectivity index (χ2n) is 4.69. The van der Waals surface area contributed by atoms with Crippen LogP contribution in [0.15, 0.2) is 18.2 Å². The molecule has 1 heterocycles. The van der Waals surface area contributed by atoms with Gasteiger partial charge in [-0.15, -0.1) is 0 Å². The van der Waals surface area contributed by atoms with E-state index in [4.69, 9.17) is 9.47 Å². The van der Waals surface area contributed by atoms with Crippen molar-refractivity contribution < 1.29 is 13.9 Å². The van der Waals surface area contributed by atoms with Gasteiger partial charge in [-0.1, -0.05) is 6.07 Å². The van der Waals surface area contributed by atoms with Crippen LogP contribution in [0.3, 0.4) is 0 Å². The quantitative estimate of drug-likeness (QED) is 0.874. The first kappa shape index (κ1) is 13.3. The molecule has 2 atom stereocenters. The number of nitrogens with one attached hydrogen (secondary N) is 1. The maximum absolute atomic E-state index is 13.5. The summed E-state index contributed by atoms with van der Waals surface area (Å²) in [5.41, 5.74) is 0.915. The van der Waals surface area contributed by atoms with Crippen molar-refractivity contribution >= 4 is 0 Å². The maximum Gasteiger partial charge on any atom is 0.165 e. The summed E-state index contributed by atoms with van der Waals surface area (Å²) in [6.07, 6.45) is 2.52. The van der Waals surface area contributed by atoms with E-state index in [1.165, 1.54) is 13.2 Å². The van der Waals surface area contributed by atoms with Crippen molar-refractivity contribution in [1.29, 1.82) is 0 Å². The first-order chi connectivity index (χ1) is 8.70. The summed E-state index contributed by atoms with van der Waals surface area (Å²) in [5.74, 6) is -0.0347. The number of ether oxygens (including phenoxy) is 2. The van der Waals surface area contributed by atoms with Crippen LogP contribution in [-0.2, 0) is 11.3 Å². The Morgan fingerprint density at radius 3 is 3.00 bits per heavy atom. The van der Waals surface area contributed by atoms with E-state index < -0.39 is 0 Å². The zero-order valence-corrected chi connectivity index (χ0v) is 10.9. The van der Waals surface area contributed by atoms with E-state index in [0.717, 1.165) is 25.0 Å². The minimum atomic E-state index is -0.318. The Bertz CT molecular complexity index is 391. The minimum Gasteiger partial charge on any atom is -0.494 e. The summed E-state index contributed by atoms with van der Waals surface area (Å²) in [7, 11) is 1.47. The Balaban J connectivity index is 1.87. The van der Waals surface area contributed by atoms with Crippen LogP contribution in [0.2, 0.25) is 0 Å². The van der Waals surface area contributed by atoms with Crippen LogP contribution in [0.1, 0.15) is 25.3 Å². The molecule has 4 heteroatoms. The first-order valence-electron chi connectivity index (χ1n) is 6.38. The van der Waals surface area contributed by atoms with Crippen LogP contribution >= 0.6 is 0 Å². The minimum absolute atomic E-state index is 0.283. The van der Waals surface area contributed by atoms with Gasteiger partial charge in [-0.2, -0.15) is 0 Å². The van der Waals surface area contributed by atoms with Gasteiger partial charge in [0.05, 0.1) is 13.2 Å². The van der Waals surface area contributed by atoms with E-state index >= 15 is 0 Å². The lowest BCUT2D eigenvalue weighted by atomic mass is 10.1. The largest absolute Gasteiger partial charge is 0.494 e. The SMILES string of the molecule is COc1ccc(CN[C@@H](C)[C@@H]2CCCO2)cc1F. The lowest BCUT2D eigenvalue weighted by Gasteiger charge is -2.20. The molecule has 3 nitrogen and oxygen atoms in total. The van der Waals surface area contributed by atoms with Gasteiger partial charge in [0.2, 0.25) is 0 Å². The summed E-state index contributed by atoms with van der Waals surface area (Å²) in [4.78, 5) is 0. The molecule has 2 rings (SSSR count). The average Bonchev–Trinajstić information content (AvgIpc) is 2.90. The molecule has 0 aliphatic carbocycles. The zero-order chi connectivity index (χ0) is 13.0. The fourth-order valence-corrected chi connectivity index (χ4v) is 2.23. The molecule has 1 aliphatic rings. The van der Waals surface area contributed by atoms with Crippen molar-refractivity contribution in [1.82, 2.24) is 5.32 Å². The van der Waals surface area contributed by atoms with E-state index in [-0.39, 0.29) is 23.7 Å². The van der Waals surface area contributed by atoms with Crippen LogP contribution in [0, 0.1) is 5.82 Å². The van der Waals surface area contributed by atoms with Gasteiger partial charge in [0.1, 0.15) is 0 Å². The van der Waals surface area contributed by atoms with Crippen LogP contribution < -0.4 is 10.1 Å². The van der Waals surface area contributed by atoms with Gasteiger partial charge in [0.15, 0.2) is 11.6 Å². The molecule has 18 heavy (non-hydrogen) atoms. The van der Waals surface area contributed by atoms with E-state index in [1.807, 2.05) is 6.07 Å². The highest BCUT2D eigenvalue weighted by atomic mass is 19.1. The standard InChI is InChI=1S/C14H20FNO2/c1-10(13-4-3-7-18-13)16-9-11-5-6-14(17-2)12(15)8-11/h5-6,8,10,13,16H,3-4,7,9H2,1-2H3/t10-,13-/m0/s1. The molecule has 0 spiro atoms. The summed E-state index contributed by atoms with van der Waals surface area (Å²) < 4.78 is 24.0. The molecular formula is C14H20FNO2. The van der Waals surface area contributed by atoms with Crippen LogP contribution in [0.4, 0.5) is 4.39 Å². The van der Waals surface area contributed by atoms with Gasteiger partial charge in [0.25, 0.3) is 0 Å². The van der Waals surface area contributed by atoms with Gasteiger partial charge < -0.3 is 14.8 Å². The van der Waals surface area contributed by atoms with Crippen LogP contribution in [0.5, 0.6) is 5.75 Å². The predicted molar refractivity (Wildman–Crippen MR) is 68.2 cm³/mol. The Labute approximate surface area is 107 Å². The second kappa shape index (κ2) is 6.16. The molecule has 1 aromatic carbocycles. The number of methoxy groups -OCH3 is 1. The summed E-state index contributed by atoms with van der Waals surface area (Å²) in [6.45, 7) is 3.60.